The average molecular weight is 260 g/mol. The molecule has 0 saturated carbocycles. The number of carboxylic acid groups (broad SMARTS) is 1. The Hall–Kier alpha value is -2.30. The van der Waals surface area contributed by atoms with E-state index in [-0.39, 0.29) is 12.6 Å². The Bertz CT molecular complexity index is 576. The van der Waals surface area contributed by atoms with Gasteiger partial charge in [-0.15, -0.1) is 0 Å². The van der Waals surface area contributed by atoms with Crippen LogP contribution in [0.25, 0.3) is 11.1 Å². The van der Waals surface area contributed by atoms with Crippen LogP contribution in [0.4, 0.5) is 0 Å². The second-order valence-corrected chi connectivity index (χ2v) is 4.48. The number of aliphatic carboxylic acids is 1. The van der Waals surface area contributed by atoms with Gasteiger partial charge in [-0.3, -0.25) is 9.48 Å². The Kier molecular flexibility index (Phi) is 3.85. The molecule has 0 radical (unpaired) electrons. The summed E-state index contributed by atoms with van der Waals surface area (Å²) in [5.41, 5.74) is 1.75. The molecule has 1 N–H and O–H groups in total. The van der Waals surface area contributed by atoms with Crippen molar-refractivity contribution < 1.29 is 14.6 Å². The van der Waals surface area contributed by atoms with Crippen LogP contribution in [0.5, 0.6) is 5.75 Å². The van der Waals surface area contributed by atoms with Crippen LogP contribution in [0.3, 0.4) is 0 Å². The van der Waals surface area contributed by atoms with Gasteiger partial charge >= 0.3 is 5.97 Å². The van der Waals surface area contributed by atoms with E-state index in [0.717, 1.165) is 16.9 Å². The summed E-state index contributed by atoms with van der Waals surface area (Å²) in [6, 6.07) is 7.64. The Morgan fingerprint density at radius 2 is 2.16 bits per heavy atom. The maximum absolute atomic E-state index is 10.6. The molecule has 0 saturated heterocycles. The molecule has 0 aliphatic heterocycles. The first-order valence-electron chi connectivity index (χ1n) is 6.06. The lowest BCUT2D eigenvalue weighted by Gasteiger charge is -2.13. The topological polar surface area (TPSA) is 64.4 Å². The second kappa shape index (κ2) is 5.56. The van der Waals surface area contributed by atoms with Gasteiger partial charge < -0.3 is 9.84 Å². The highest BCUT2D eigenvalue weighted by Gasteiger charge is 2.10. The number of carbonyl (C=O) groups is 1. The molecular formula is C14H16N2O3. The van der Waals surface area contributed by atoms with E-state index < -0.39 is 5.97 Å². The van der Waals surface area contributed by atoms with Crippen molar-refractivity contribution in [3.8, 4) is 16.9 Å². The monoisotopic (exact) mass is 260 g/mol. The molecule has 0 spiro atoms. The van der Waals surface area contributed by atoms with Crippen molar-refractivity contribution in [1.29, 1.82) is 0 Å². The quantitative estimate of drug-likeness (QED) is 0.896. The van der Waals surface area contributed by atoms with Crippen LogP contribution >= 0.6 is 0 Å². The number of para-hydroxylation sites is 1. The fraction of sp³-hybridized carbons (Fsp3) is 0.286. The number of nitrogens with zero attached hydrogens (tertiary/aromatic N) is 2. The predicted molar refractivity (Wildman–Crippen MR) is 71.1 cm³/mol. The number of benzene rings is 1. The van der Waals surface area contributed by atoms with Crippen molar-refractivity contribution in [3.05, 3.63) is 36.7 Å². The van der Waals surface area contributed by atoms with Crippen LogP contribution < -0.4 is 4.74 Å². The molecule has 2 aromatic rings. The largest absolute Gasteiger partial charge is 0.490 e. The van der Waals surface area contributed by atoms with E-state index in [9.17, 15) is 4.79 Å². The SMILES string of the molecule is CC(C)Oc1ccccc1-c1cnn(CC(=O)O)c1. The summed E-state index contributed by atoms with van der Waals surface area (Å²) in [5, 5.41) is 12.8. The standard InChI is InChI=1S/C14H16N2O3/c1-10(2)19-13-6-4-3-5-12(13)11-7-15-16(8-11)9-14(17)18/h3-8,10H,9H2,1-2H3,(H,17,18). The van der Waals surface area contributed by atoms with E-state index in [1.165, 1.54) is 4.68 Å². The van der Waals surface area contributed by atoms with Crippen molar-refractivity contribution in [2.75, 3.05) is 0 Å². The molecule has 1 aromatic carbocycles. The normalized spacial score (nSPS) is 10.7. The lowest BCUT2D eigenvalue weighted by atomic mass is 10.1. The minimum atomic E-state index is -0.915. The molecule has 0 amide bonds. The summed E-state index contributed by atoms with van der Waals surface area (Å²) in [7, 11) is 0. The van der Waals surface area contributed by atoms with Gasteiger partial charge in [0.2, 0.25) is 0 Å². The molecule has 0 fully saturated rings. The molecule has 100 valence electrons. The molecule has 2 rings (SSSR count). The van der Waals surface area contributed by atoms with E-state index in [0.29, 0.717) is 0 Å². The van der Waals surface area contributed by atoms with E-state index >= 15 is 0 Å². The van der Waals surface area contributed by atoms with Gasteiger partial charge in [0, 0.05) is 17.3 Å². The van der Waals surface area contributed by atoms with Crippen LogP contribution in [0, 0.1) is 0 Å². The summed E-state index contributed by atoms with van der Waals surface area (Å²) in [5.74, 6) is -0.145. The number of carboxylic acids is 1. The van der Waals surface area contributed by atoms with Crippen molar-refractivity contribution in [2.24, 2.45) is 0 Å². The number of ether oxygens (including phenoxy) is 1. The average Bonchev–Trinajstić information content (AvgIpc) is 2.76. The number of aromatic nitrogens is 2. The Labute approximate surface area is 111 Å². The first kappa shape index (κ1) is 13.1. The molecule has 0 aliphatic rings. The van der Waals surface area contributed by atoms with Crippen LogP contribution in [0.2, 0.25) is 0 Å². The Morgan fingerprint density at radius 3 is 2.84 bits per heavy atom. The lowest BCUT2D eigenvalue weighted by Crippen LogP contribution is -2.08. The van der Waals surface area contributed by atoms with Crippen molar-refractivity contribution in [3.63, 3.8) is 0 Å². The van der Waals surface area contributed by atoms with Crippen molar-refractivity contribution >= 4 is 5.97 Å². The first-order valence-corrected chi connectivity index (χ1v) is 6.06. The highest BCUT2D eigenvalue weighted by atomic mass is 16.5. The van der Waals surface area contributed by atoms with Gasteiger partial charge in [0.25, 0.3) is 0 Å². The number of hydrogen-bond donors (Lipinski definition) is 1. The number of rotatable bonds is 5. The zero-order chi connectivity index (χ0) is 13.8. The molecule has 19 heavy (non-hydrogen) atoms. The second-order valence-electron chi connectivity index (χ2n) is 4.48. The fourth-order valence-corrected chi connectivity index (χ4v) is 1.79. The van der Waals surface area contributed by atoms with Gasteiger partial charge in [-0.2, -0.15) is 5.10 Å². The van der Waals surface area contributed by atoms with E-state index in [4.69, 9.17) is 9.84 Å². The molecular weight excluding hydrogens is 244 g/mol. The smallest absolute Gasteiger partial charge is 0.325 e. The Morgan fingerprint density at radius 1 is 1.42 bits per heavy atom. The zero-order valence-electron chi connectivity index (χ0n) is 10.9. The lowest BCUT2D eigenvalue weighted by molar-refractivity contribution is -0.137. The third-order valence-corrected chi connectivity index (χ3v) is 2.49. The summed E-state index contributed by atoms with van der Waals surface area (Å²) in [6.45, 7) is 3.78. The van der Waals surface area contributed by atoms with Gasteiger partial charge in [0.05, 0.1) is 12.3 Å². The predicted octanol–water partition coefficient (Wildman–Crippen LogP) is 2.42. The van der Waals surface area contributed by atoms with Gasteiger partial charge in [0.15, 0.2) is 0 Å². The maximum atomic E-state index is 10.6. The van der Waals surface area contributed by atoms with Gasteiger partial charge in [-0.05, 0) is 19.9 Å². The summed E-state index contributed by atoms with van der Waals surface area (Å²) in [4.78, 5) is 10.6. The molecule has 0 aliphatic carbocycles. The molecule has 5 heteroatoms. The van der Waals surface area contributed by atoms with Gasteiger partial charge in [0.1, 0.15) is 12.3 Å². The third kappa shape index (κ3) is 3.34. The summed E-state index contributed by atoms with van der Waals surface area (Å²) >= 11 is 0. The van der Waals surface area contributed by atoms with Crippen molar-refractivity contribution in [2.45, 2.75) is 26.5 Å². The molecule has 0 atom stereocenters. The van der Waals surface area contributed by atoms with Crippen molar-refractivity contribution in [1.82, 2.24) is 9.78 Å². The molecule has 0 unspecified atom stereocenters. The molecule has 5 nitrogen and oxygen atoms in total. The fourth-order valence-electron chi connectivity index (χ4n) is 1.79. The highest BCUT2D eigenvalue weighted by molar-refractivity contribution is 5.70. The highest BCUT2D eigenvalue weighted by Crippen LogP contribution is 2.30. The third-order valence-electron chi connectivity index (χ3n) is 2.49. The van der Waals surface area contributed by atoms with Crippen LogP contribution in [0.1, 0.15) is 13.8 Å². The Balaban J connectivity index is 2.30. The number of hydrogen-bond acceptors (Lipinski definition) is 3. The van der Waals surface area contributed by atoms with E-state index in [2.05, 4.69) is 5.10 Å². The minimum Gasteiger partial charge on any atom is -0.490 e. The van der Waals surface area contributed by atoms with E-state index in [1.54, 1.807) is 12.4 Å². The molecule has 1 aromatic heterocycles. The molecule has 0 bridgehead atoms. The first-order chi connectivity index (χ1) is 9.06. The van der Waals surface area contributed by atoms with Crippen LogP contribution in [-0.2, 0) is 11.3 Å². The molecule has 1 heterocycles. The maximum Gasteiger partial charge on any atom is 0.325 e. The van der Waals surface area contributed by atoms with Gasteiger partial charge in [-0.1, -0.05) is 18.2 Å². The van der Waals surface area contributed by atoms with Crippen LogP contribution in [0.15, 0.2) is 36.7 Å². The summed E-state index contributed by atoms with van der Waals surface area (Å²) in [6.07, 6.45) is 3.43. The van der Waals surface area contributed by atoms with Gasteiger partial charge in [-0.25, -0.2) is 0 Å². The zero-order valence-corrected chi connectivity index (χ0v) is 10.9. The minimum absolute atomic E-state index is 0.0789. The van der Waals surface area contributed by atoms with E-state index in [1.807, 2.05) is 38.1 Å². The summed E-state index contributed by atoms with van der Waals surface area (Å²) < 4.78 is 7.13. The van der Waals surface area contributed by atoms with Crippen LogP contribution in [-0.4, -0.2) is 27.0 Å².